The molecule has 0 spiro atoms. The molecule has 0 atom stereocenters. The molecule has 1 aromatic heterocycles. The van der Waals surface area contributed by atoms with Crippen LogP contribution in [0.3, 0.4) is 0 Å². The quantitative estimate of drug-likeness (QED) is 0.727. The summed E-state index contributed by atoms with van der Waals surface area (Å²) >= 11 is 0. The van der Waals surface area contributed by atoms with Gasteiger partial charge in [-0.1, -0.05) is 0 Å². The third kappa shape index (κ3) is 2.94. The second-order valence-corrected chi connectivity index (χ2v) is 5.69. The second-order valence-electron chi connectivity index (χ2n) is 5.69. The van der Waals surface area contributed by atoms with E-state index in [1.807, 2.05) is 20.8 Å². The van der Waals surface area contributed by atoms with Gasteiger partial charge in [-0.15, -0.1) is 0 Å². The first kappa shape index (κ1) is 13.6. The van der Waals surface area contributed by atoms with Crippen molar-refractivity contribution in [1.82, 2.24) is 14.7 Å². The normalized spacial score (nSPS) is 15.1. The van der Waals surface area contributed by atoms with Gasteiger partial charge in [-0.25, -0.2) is 4.79 Å². The van der Waals surface area contributed by atoms with Gasteiger partial charge in [0.15, 0.2) is 5.78 Å². The van der Waals surface area contributed by atoms with E-state index in [2.05, 4.69) is 5.10 Å². The number of hydrogen-bond donors (Lipinski definition) is 0. The van der Waals surface area contributed by atoms with Crippen LogP contribution in [0.2, 0.25) is 0 Å². The molecule has 6 nitrogen and oxygen atoms in total. The number of fused-ring (bicyclic) bond motifs is 1. The van der Waals surface area contributed by atoms with Crippen LogP contribution in [0, 0.1) is 0 Å². The highest BCUT2D eigenvalue weighted by Gasteiger charge is 2.28. The van der Waals surface area contributed by atoms with E-state index in [-0.39, 0.29) is 11.9 Å². The smallest absolute Gasteiger partial charge is 0.410 e. The molecule has 2 rings (SSSR count). The van der Waals surface area contributed by atoms with Crippen molar-refractivity contribution in [2.45, 2.75) is 46.4 Å². The third-order valence-electron chi connectivity index (χ3n) is 2.90. The van der Waals surface area contributed by atoms with Gasteiger partial charge in [-0.2, -0.15) is 5.10 Å². The predicted octanol–water partition coefficient (Wildman–Crippen LogP) is 1.84. The van der Waals surface area contributed by atoms with Gasteiger partial charge < -0.3 is 9.64 Å². The molecule has 0 saturated heterocycles. The summed E-state index contributed by atoms with van der Waals surface area (Å²) < 4.78 is 7.12. The van der Waals surface area contributed by atoms with Crippen molar-refractivity contribution < 1.29 is 14.3 Å². The van der Waals surface area contributed by atoms with Gasteiger partial charge in [0.25, 0.3) is 0 Å². The van der Waals surface area contributed by atoms with E-state index < -0.39 is 5.60 Å². The Morgan fingerprint density at radius 2 is 2.00 bits per heavy atom. The molecule has 2 heterocycles. The Labute approximate surface area is 112 Å². The van der Waals surface area contributed by atoms with E-state index in [9.17, 15) is 9.59 Å². The number of amides is 1. The van der Waals surface area contributed by atoms with Crippen molar-refractivity contribution in [2.75, 3.05) is 6.54 Å². The summed E-state index contributed by atoms with van der Waals surface area (Å²) in [7, 11) is 0. The van der Waals surface area contributed by atoms with Gasteiger partial charge in [-0.3, -0.25) is 9.48 Å². The van der Waals surface area contributed by atoms with Crippen molar-refractivity contribution >= 4 is 11.9 Å². The van der Waals surface area contributed by atoms with Crippen LogP contribution in [0.15, 0.2) is 6.20 Å². The summed E-state index contributed by atoms with van der Waals surface area (Å²) in [6.07, 6.45) is 1.21. The van der Waals surface area contributed by atoms with Crippen molar-refractivity contribution in [3.05, 3.63) is 17.5 Å². The van der Waals surface area contributed by atoms with Crippen LogP contribution in [0.5, 0.6) is 0 Å². The highest BCUT2D eigenvalue weighted by atomic mass is 16.6. The highest BCUT2D eigenvalue weighted by Crippen LogP contribution is 2.19. The molecule has 6 heteroatoms. The average molecular weight is 265 g/mol. The maximum Gasteiger partial charge on any atom is 0.410 e. The van der Waals surface area contributed by atoms with Gasteiger partial charge in [0.1, 0.15) is 5.60 Å². The molecule has 1 amide bonds. The number of rotatable bonds is 1. The average Bonchev–Trinajstić information content (AvgIpc) is 2.68. The third-order valence-corrected chi connectivity index (χ3v) is 2.90. The molecular formula is C13H19N3O3. The summed E-state index contributed by atoms with van der Waals surface area (Å²) in [6, 6.07) is 0. The first-order chi connectivity index (χ1) is 8.78. The van der Waals surface area contributed by atoms with Gasteiger partial charge in [0, 0.05) is 6.54 Å². The Bertz CT molecular complexity index is 514. The molecule has 1 aromatic rings. The number of Topliss-reactive ketones (excluding diaryl/α,β-unsaturated/α-hetero) is 1. The molecular weight excluding hydrogens is 246 g/mol. The number of carbonyl (C=O) groups is 2. The lowest BCUT2D eigenvalue weighted by molar-refractivity contribution is 0.0193. The van der Waals surface area contributed by atoms with Crippen LogP contribution in [-0.2, 0) is 17.8 Å². The Hall–Kier alpha value is -1.85. The minimum absolute atomic E-state index is 0.0349. The number of ketones is 1. The molecule has 0 fully saturated rings. The number of hydrogen-bond acceptors (Lipinski definition) is 4. The van der Waals surface area contributed by atoms with Gasteiger partial charge in [0.05, 0.1) is 30.5 Å². The van der Waals surface area contributed by atoms with Crippen LogP contribution >= 0.6 is 0 Å². The van der Waals surface area contributed by atoms with Crippen molar-refractivity contribution in [3.8, 4) is 0 Å². The molecule has 0 radical (unpaired) electrons. The molecule has 0 N–H and O–H groups in total. The van der Waals surface area contributed by atoms with Crippen LogP contribution < -0.4 is 0 Å². The summed E-state index contributed by atoms with van der Waals surface area (Å²) in [6.45, 7) is 8.50. The van der Waals surface area contributed by atoms with E-state index >= 15 is 0 Å². The first-order valence-corrected chi connectivity index (χ1v) is 6.31. The number of carbonyl (C=O) groups excluding carboxylic acids is 2. The Morgan fingerprint density at radius 1 is 1.32 bits per heavy atom. The van der Waals surface area contributed by atoms with Crippen molar-refractivity contribution in [2.24, 2.45) is 0 Å². The van der Waals surface area contributed by atoms with E-state index in [1.54, 1.807) is 15.8 Å². The standard InChI is InChI=1S/C13H19N3O3/c1-9(17)10-7-14-16-6-5-15(8-11(10)16)12(18)19-13(2,3)4/h7H,5-6,8H2,1-4H3. The highest BCUT2D eigenvalue weighted by molar-refractivity contribution is 5.95. The molecule has 0 bridgehead atoms. The monoisotopic (exact) mass is 265 g/mol. The molecule has 19 heavy (non-hydrogen) atoms. The lowest BCUT2D eigenvalue weighted by Gasteiger charge is -2.30. The van der Waals surface area contributed by atoms with E-state index in [0.29, 0.717) is 25.2 Å². The van der Waals surface area contributed by atoms with Gasteiger partial charge in [0.2, 0.25) is 0 Å². The fourth-order valence-electron chi connectivity index (χ4n) is 2.02. The Kier molecular flexibility index (Phi) is 3.34. The lowest BCUT2D eigenvalue weighted by Crippen LogP contribution is -2.41. The number of nitrogens with zero attached hydrogens (tertiary/aromatic N) is 3. The van der Waals surface area contributed by atoms with Crippen molar-refractivity contribution in [3.63, 3.8) is 0 Å². The maximum absolute atomic E-state index is 12.0. The van der Waals surface area contributed by atoms with Crippen LogP contribution in [0.1, 0.15) is 43.7 Å². The summed E-state index contributed by atoms with van der Waals surface area (Å²) in [5, 5.41) is 4.16. The Morgan fingerprint density at radius 3 is 2.58 bits per heavy atom. The van der Waals surface area contributed by atoms with Crippen molar-refractivity contribution in [1.29, 1.82) is 0 Å². The van der Waals surface area contributed by atoms with Crippen LogP contribution in [0.25, 0.3) is 0 Å². The Balaban J connectivity index is 2.15. The van der Waals surface area contributed by atoms with Crippen LogP contribution in [-0.4, -0.2) is 38.7 Å². The molecule has 1 aliphatic heterocycles. The van der Waals surface area contributed by atoms with Gasteiger partial charge in [-0.05, 0) is 27.7 Å². The van der Waals surface area contributed by atoms with E-state index in [1.165, 1.54) is 6.92 Å². The SMILES string of the molecule is CC(=O)c1cnn2c1CN(C(=O)OC(C)(C)C)CC2. The molecule has 0 aromatic carbocycles. The van der Waals surface area contributed by atoms with E-state index in [4.69, 9.17) is 4.74 Å². The van der Waals surface area contributed by atoms with Crippen LogP contribution in [0.4, 0.5) is 4.79 Å². The minimum atomic E-state index is -0.516. The lowest BCUT2D eigenvalue weighted by atomic mass is 10.1. The zero-order valence-corrected chi connectivity index (χ0v) is 11.8. The zero-order valence-electron chi connectivity index (χ0n) is 11.8. The summed E-state index contributed by atoms with van der Waals surface area (Å²) in [4.78, 5) is 25.1. The summed E-state index contributed by atoms with van der Waals surface area (Å²) in [5.74, 6) is -0.0349. The maximum atomic E-state index is 12.0. The number of ether oxygens (including phenoxy) is 1. The topological polar surface area (TPSA) is 64.4 Å². The predicted molar refractivity (Wildman–Crippen MR) is 68.9 cm³/mol. The van der Waals surface area contributed by atoms with E-state index in [0.717, 1.165) is 5.69 Å². The largest absolute Gasteiger partial charge is 0.444 e. The fraction of sp³-hybridized carbons (Fsp3) is 0.615. The molecule has 0 aliphatic carbocycles. The molecule has 1 aliphatic rings. The second kappa shape index (κ2) is 4.68. The molecule has 0 saturated carbocycles. The number of aromatic nitrogens is 2. The minimum Gasteiger partial charge on any atom is -0.444 e. The fourth-order valence-corrected chi connectivity index (χ4v) is 2.02. The molecule has 0 unspecified atom stereocenters. The van der Waals surface area contributed by atoms with Gasteiger partial charge >= 0.3 is 6.09 Å². The molecule has 104 valence electrons. The summed E-state index contributed by atoms with van der Waals surface area (Å²) in [5.41, 5.74) is 0.843. The first-order valence-electron chi connectivity index (χ1n) is 6.31. The zero-order chi connectivity index (χ0) is 14.2.